The Bertz CT molecular complexity index is 1120. The number of benzene rings is 1. The minimum atomic E-state index is -1.06. The van der Waals surface area contributed by atoms with E-state index in [1.807, 2.05) is 48.2 Å². The molecule has 3 aromatic rings. The van der Waals surface area contributed by atoms with Crippen molar-refractivity contribution in [2.75, 3.05) is 7.11 Å². The van der Waals surface area contributed by atoms with Gasteiger partial charge in [0.1, 0.15) is 0 Å². The second kappa shape index (κ2) is 7.42. The molecule has 160 valence electrons. The highest BCUT2D eigenvalue weighted by Gasteiger charge is 2.51. The van der Waals surface area contributed by atoms with E-state index in [4.69, 9.17) is 4.74 Å². The maximum absolute atomic E-state index is 13.5. The van der Waals surface area contributed by atoms with Gasteiger partial charge in [-0.05, 0) is 60.5 Å². The smallest absolute Gasteiger partial charge is 0.254 e. The van der Waals surface area contributed by atoms with Crippen molar-refractivity contribution in [1.82, 2.24) is 30.1 Å². The summed E-state index contributed by atoms with van der Waals surface area (Å²) in [7, 11) is 1.56. The molecule has 0 spiro atoms. The number of fused-ring (bicyclic) bond motifs is 2. The molecule has 2 aromatic heterocycles. The molecule has 2 fully saturated rings. The van der Waals surface area contributed by atoms with E-state index >= 15 is 0 Å². The Morgan fingerprint density at radius 2 is 1.97 bits per heavy atom. The number of amides is 1. The number of tetrazole rings is 1. The van der Waals surface area contributed by atoms with Crippen LogP contribution in [0.3, 0.4) is 0 Å². The van der Waals surface area contributed by atoms with Gasteiger partial charge in [0, 0.05) is 42.2 Å². The first-order valence-corrected chi connectivity index (χ1v) is 10.4. The first-order valence-electron chi connectivity index (χ1n) is 10.4. The zero-order chi connectivity index (χ0) is 21.6. The van der Waals surface area contributed by atoms with Gasteiger partial charge in [0.25, 0.3) is 5.91 Å². The quantitative estimate of drug-likeness (QED) is 0.688. The predicted molar refractivity (Wildman–Crippen MR) is 111 cm³/mol. The summed E-state index contributed by atoms with van der Waals surface area (Å²) in [5.74, 6) is 1.06. The number of hydrogen-bond acceptors (Lipinski definition) is 7. The van der Waals surface area contributed by atoms with Crippen LogP contribution in [0.25, 0.3) is 5.69 Å². The molecule has 1 N–H and O–H groups in total. The standard InChI is InChI=1S/C22H24N6O3/c1-14-24-25-26-28(14)16-6-3-5-15(11-16)21(29)27-17-8-9-18(27)13-22(30,12-17)19-7-4-10-23-20(19)31-2/h3-7,10-11,17-18,30H,8-9,12-13H2,1-2H3/t17-,18-/m1/s1. The van der Waals surface area contributed by atoms with E-state index in [1.54, 1.807) is 18.0 Å². The summed E-state index contributed by atoms with van der Waals surface area (Å²) in [5, 5.41) is 23.1. The lowest BCUT2D eigenvalue weighted by atomic mass is 9.80. The van der Waals surface area contributed by atoms with E-state index in [9.17, 15) is 9.90 Å². The van der Waals surface area contributed by atoms with Crippen LogP contribution in [0, 0.1) is 6.92 Å². The monoisotopic (exact) mass is 420 g/mol. The second-order valence-electron chi connectivity index (χ2n) is 8.29. The maximum Gasteiger partial charge on any atom is 0.254 e. The zero-order valence-corrected chi connectivity index (χ0v) is 17.5. The van der Waals surface area contributed by atoms with E-state index in [2.05, 4.69) is 20.5 Å². The van der Waals surface area contributed by atoms with Gasteiger partial charge in [0.15, 0.2) is 5.82 Å². The van der Waals surface area contributed by atoms with Crippen molar-refractivity contribution in [3.63, 3.8) is 0 Å². The Hall–Kier alpha value is -3.33. The highest BCUT2D eigenvalue weighted by molar-refractivity contribution is 5.95. The fraction of sp³-hybridized carbons (Fsp3) is 0.409. The number of nitrogens with zero attached hydrogens (tertiary/aromatic N) is 6. The third-order valence-corrected chi connectivity index (χ3v) is 6.43. The molecule has 9 heteroatoms. The number of pyridine rings is 1. The van der Waals surface area contributed by atoms with Crippen LogP contribution in [0.4, 0.5) is 0 Å². The van der Waals surface area contributed by atoms with Crippen LogP contribution in [-0.4, -0.2) is 60.3 Å². The molecule has 2 atom stereocenters. The van der Waals surface area contributed by atoms with Crippen molar-refractivity contribution in [3.05, 3.63) is 59.5 Å². The molecular weight excluding hydrogens is 396 g/mol. The number of carbonyl (C=O) groups excluding carboxylic acids is 1. The molecule has 2 aliphatic rings. The number of aliphatic hydroxyl groups is 1. The molecule has 1 amide bonds. The number of aryl methyl sites for hydroxylation is 1. The SMILES string of the molecule is COc1ncccc1C1(O)C[C@H]2CC[C@H](C1)N2C(=O)c1cccc(-n2nnnc2C)c1. The number of ether oxygens (including phenoxy) is 1. The Morgan fingerprint density at radius 3 is 2.65 bits per heavy atom. The van der Waals surface area contributed by atoms with Crippen LogP contribution in [0.5, 0.6) is 5.88 Å². The predicted octanol–water partition coefficient (Wildman–Crippen LogP) is 2.03. The van der Waals surface area contributed by atoms with E-state index < -0.39 is 5.60 Å². The van der Waals surface area contributed by atoms with Gasteiger partial charge in [0.05, 0.1) is 18.4 Å². The fourth-order valence-electron chi connectivity index (χ4n) is 5.07. The highest BCUT2D eigenvalue weighted by atomic mass is 16.5. The van der Waals surface area contributed by atoms with Crippen LogP contribution in [-0.2, 0) is 5.60 Å². The topological polar surface area (TPSA) is 106 Å². The van der Waals surface area contributed by atoms with Gasteiger partial charge in [-0.25, -0.2) is 4.98 Å². The Kier molecular flexibility index (Phi) is 4.70. The van der Waals surface area contributed by atoms with Crippen molar-refractivity contribution in [3.8, 4) is 11.6 Å². The maximum atomic E-state index is 13.5. The van der Waals surface area contributed by atoms with Gasteiger partial charge >= 0.3 is 0 Å². The molecule has 0 radical (unpaired) electrons. The van der Waals surface area contributed by atoms with Gasteiger partial charge in [0.2, 0.25) is 5.88 Å². The summed E-state index contributed by atoms with van der Waals surface area (Å²) in [6, 6.07) is 10.9. The van der Waals surface area contributed by atoms with Crippen molar-refractivity contribution in [2.24, 2.45) is 0 Å². The summed E-state index contributed by atoms with van der Waals surface area (Å²) in [5.41, 5.74) is 0.966. The first kappa shape index (κ1) is 19.6. The lowest BCUT2D eigenvalue weighted by Gasteiger charge is -2.44. The molecule has 5 rings (SSSR count). The zero-order valence-electron chi connectivity index (χ0n) is 17.5. The van der Waals surface area contributed by atoms with Crippen molar-refractivity contribution in [2.45, 2.75) is 50.3 Å². The minimum Gasteiger partial charge on any atom is -0.481 e. The van der Waals surface area contributed by atoms with Gasteiger partial charge in [-0.3, -0.25) is 4.79 Å². The largest absolute Gasteiger partial charge is 0.481 e. The third-order valence-electron chi connectivity index (χ3n) is 6.43. The van der Waals surface area contributed by atoms with Gasteiger partial charge in [-0.15, -0.1) is 5.10 Å². The summed E-state index contributed by atoms with van der Waals surface area (Å²) in [6.45, 7) is 1.81. The molecule has 2 aliphatic heterocycles. The average Bonchev–Trinajstić information content (AvgIpc) is 3.34. The van der Waals surface area contributed by atoms with Crippen LogP contribution >= 0.6 is 0 Å². The first-order chi connectivity index (χ1) is 15.0. The van der Waals surface area contributed by atoms with Crippen molar-refractivity contribution >= 4 is 5.91 Å². The number of piperidine rings is 1. The number of rotatable bonds is 4. The lowest BCUT2D eigenvalue weighted by Crippen LogP contribution is -2.52. The number of methoxy groups -OCH3 is 1. The summed E-state index contributed by atoms with van der Waals surface area (Å²) in [6.07, 6.45) is 4.31. The molecule has 0 saturated carbocycles. The van der Waals surface area contributed by atoms with Gasteiger partial charge < -0.3 is 14.7 Å². The Labute approximate surface area is 179 Å². The molecule has 0 unspecified atom stereocenters. The molecule has 1 aromatic carbocycles. The van der Waals surface area contributed by atoms with Crippen LogP contribution in [0.2, 0.25) is 0 Å². The summed E-state index contributed by atoms with van der Waals surface area (Å²) >= 11 is 0. The molecule has 0 aliphatic carbocycles. The average molecular weight is 420 g/mol. The van der Waals surface area contributed by atoms with Crippen molar-refractivity contribution in [1.29, 1.82) is 0 Å². The molecular formula is C22H24N6O3. The molecule has 4 heterocycles. The number of carbonyl (C=O) groups is 1. The van der Waals surface area contributed by atoms with E-state index in [1.165, 1.54) is 0 Å². The van der Waals surface area contributed by atoms with E-state index in [0.717, 1.165) is 18.5 Å². The number of hydrogen-bond donors (Lipinski definition) is 1. The number of aromatic nitrogens is 5. The van der Waals surface area contributed by atoms with Gasteiger partial charge in [-0.1, -0.05) is 6.07 Å². The normalized spacial score (nSPS) is 24.9. The molecule has 2 bridgehead atoms. The Morgan fingerprint density at radius 1 is 1.19 bits per heavy atom. The highest BCUT2D eigenvalue weighted by Crippen LogP contribution is 2.47. The second-order valence-corrected chi connectivity index (χ2v) is 8.29. The molecule has 9 nitrogen and oxygen atoms in total. The minimum absolute atomic E-state index is 0.0275. The van der Waals surface area contributed by atoms with E-state index in [0.29, 0.717) is 35.7 Å². The van der Waals surface area contributed by atoms with Crippen LogP contribution < -0.4 is 4.74 Å². The van der Waals surface area contributed by atoms with Crippen LogP contribution in [0.1, 0.15) is 47.4 Å². The van der Waals surface area contributed by atoms with E-state index in [-0.39, 0.29) is 18.0 Å². The molecule has 31 heavy (non-hydrogen) atoms. The van der Waals surface area contributed by atoms with Crippen LogP contribution in [0.15, 0.2) is 42.6 Å². The fourth-order valence-corrected chi connectivity index (χ4v) is 5.07. The third kappa shape index (κ3) is 3.25. The van der Waals surface area contributed by atoms with Gasteiger partial charge in [-0.2, -0.15) is 4.68 Å². The summed E-state index contributed by atoms with van der Waals surface area (Å²) in [4.78, 5) is 19.7. The Balaban J connectivity index is 1.42. The summed E-state index contributed by atoms with van der Waals surface area (Å²) < 4.78 is 6.99. The van der Waals surface area contributed by atoms with Crippen molar-refractivity contribution < 1.29 is 14.6 Å². The lowest BCUT2D eigenvalue weighted by molar-refractivity contribution is -0.0494. The molecule has 2 saturated heterocycles.